The van der Waals surface area contributed by atoms with E-state index >= 15 is 0 Å². The normalized spacial score (nSPS) is 25.6. The third-order valence-corrected chi connectivity index (χ3v) is 3.50. The molecule has 0 amide bonds. The molecule has 2 unspecified atom stereocenters. The standard InChI is InChI=1S/C9H20NO5P/c1-8(15-16(12,13)14)9-4-2-3-5-10(9)6-7-11/h8-9,11H,2-7H2,1H3,(H2,12,13,14). The van der Waals surface area contributed by atoms with Gasteiger partial charge in [-0.1, -0.05) is 6.42 Å². The van der Waals surface area contributed by atoms with Crippen molar-refractivity contribution in [2.24, 2.45) is 0 Å². The molecule has 1 rings (SSSR count). The van der Waals surface area contributed by atoms with E-state index in [9.17, 15) is 4.57 Å². The molecule has 0 aromatic heterocycles. The van der Waals surface area contributed by atoms with E-state index in [0.29, 0.717) is 6.54 Å². The zero-order chi connectivity index (χ0) is 12.2. The summed E-state index contributed by atoms with van der Waals surface area (Å²) in [6.07, 6.45) is 2.41. The average molecular weight is 253 g/mol. The Balaban J connectivity index is 2.56. The molecule has 0 aromatic rings. The van der Waals surface area contributed by atoms with Crippen molar-refractivity contribution >= 4 is 7.82 Å². The lowest BCUT2D eigenvalue weighted by atomic mass is 9.98. The zero-order valence-electron chi connectivity index (χ0n) is 9.45. The Morgan fingerprint density at radius 3 is 2.75 bits per heavy atom. The first-order chi connectivity index (χ1) is 7.44. The van der Waals surface area contributed by atoms with Gasteiger partial charge in [0, 0.05) is 12.6 Å². The van der Waals surface area contributed by atoms with Crippen LogP contribution in [0.4, 0.5) is 0 Å². The van der Waals surface area contributed by atoms with Crippen LogP contribution in [0.3, 0.4) is 0 Å². The topological polar surface area (TPSA) is 90.2 Å². The lowest BCUT2D eigenvalue weighted by Crippen LogP contribution is -2.47. The second kappa shape index (κ2) is 6.10. The van der Waals surface area contributed by atoms with Gasteiger partial charge in [0.2, 0.25) is 0 Å². The number of aliphatic hydroxyl groups is 1. The number of piperidine rings is 1. The molecule has 0 radical (unpaired) electrons. The Hall–Kier alpha value is 0.0300. The Labute approximate surface area is 95.5 Å². The smallest absolute Gasteiger partial charge is 0.395 e. The molecule has 1 heterocycles. The fraction of sp³-hybridized carbons (Fsp3) is 1.00. The molecule has 3 N–H and O–H groups in total. The predicted molar refractivity (Wildman–Crippen MR) is 58.9 cm³/mol. The summed E-state index contributed by atoms with van der Waals surface area (Å²) in [6, 6.07) is -0.0199. The first-order valence-electron chi connectivity index (χ1n) is 5.53. The van der Waals surface area contributed by atoms with Crippen LogP contribution in [0.25, 0.3) is 0 Å². The Kier molecular flexibility index (Phi) is 5.37. The summed E-state index contributed by atoms with van der Waals surface area (Å²) in [4.78, 5) is 19.5. The molecule has 1 aliphatic heterocycles. The summed E-state index contributed by atoms with van der Waals surface area (Å²) >= 11 is 0. The van der Waals surface area contributed by atoms with E-state index in [0.717, 1.165) is 25.8 Å². The summed E-state index contributed by atoms with van der Waals surface area (Å²) in [6.45, 7) is 3.10. The number of aliphatic hydroxyl groups excluding tert-OH is 1. The third kappa shape index (κ3) is 4.49. The highest BCUT2D eigenvalue weighted by atomic mass is 31.2. The summed E-state index contributed by atoms with van der Waals surface area (Å²) in [5, 5.41) is 8.91. The molecule has 2 atom stereocenters. The van der Waals surface area contributed by atoms with Crippen LogP contribution in [-0.4, -0.2) is 51.6 Å². The van der Waals surface area contributed by atoms with Crippen molar-refractivity contribution < 1.29 is 24.0 Å². The Morgan fingerprint density at radius 1 is 1.50 bits per heavy atom. The van der Waals surface area contributed by atoms with Crippen LogP contribution < -0.4 is 0 Å². The molecule has 7 heteroatoms. The second-order valence-corrected chi connectivity index (χ2v) is 5.32. The zero-order valence-corrected chi connectivity index (χ0v) is 10.3. The molecule has 0 saturated carbocycles. The first kappa shape index (κ1) is 14.1. The summed E-state index contributed by atoms with van der Waals surface area (Å²) < 4.78 is 15.5. The minimum Gasteiger partial charge on any atom is -0.395 e. The minimum atomic E-state index is -4.42. The van der Waals surface area contributed by atoms with Gasteiger partial charge in [0.05, 0.1) is 12.7 Å². The van der Waals surface area contributed by atoms with Gasteiger partial charge in [-0.15, -0.1) is 0 Å². The maximum absolute atomic E-state index is 10.8. The molecule has 16 heavy (non-hydrogen) atoms. The van der Waals surface area contributed by atoms with Crippen LogP contribution >= 0.6 is 7.82 Å². The van der Waals surface area contributed by atoms with Crippen LogP contribution in [-0.2, 0) is 9.09 Å². The number of likely N-dealkylation sites (tertiary alicyclic amines) is 1. The fourth-order valence-corrected chi connectivity index (χ4v) is 2.81. The van der Waals surface area contributed by atoms with Crippen LogP contribution in [0.5, 0.6) is 0 Å². The van der Waals surface area contributed by atoms with Gasteiger partial charge >= 0.3 is 7.82 Å². The molecule has 1 aliphatic rings. The molecule has 1 fully saturated rings. The summed E-state index contributed by atoms with van der Waals surface area (Å²) in [5.74, 6) is 0. The van der Waals surface area contributed by atoms with Gasteiger partial charge in [-0.2, -0.15) is 0 Å². The number of nitrogens with zero attached hydrogens (tertiary/aromatic N) is 1. The van der Waals surface area contributed by atoms with Crippen molar-refractivity contribution in [3.63, 3.8) is 0 Å². The molecule has 6 nitrogen and oxygen atoms in total. The molecule has 0 spiro atoms. The van der Waals surface area contributed by atoms with Gasteiger partial charge in [0.1, 0.15) is 0 Å². The van der Waals surface area contributed by atoms with Crippen LogP contribution in [0.1, 0.15) is 26.2 Å². The number of β-amino-alcohol motifs (C(OH)–C–C–N with tert-alkyl or cyclic N) is 1. The van der Waals surface area contributed by atoms with E-state index in [4.69, 9.17) is 19.4 Å². The number of rotatable bonds is 5. The van der Waals surface area contributed by atoms with Gasteiger partial charge < -0.3 is 14.9 Å². The molecular weight excluding hydrogens is 233 g/mol. The highest BCUT2D eigenvalue weighted by molar-refractivity contribution is 7.46. The third-order valence-electron chi connectivity index (χ3n) is 2.90. The van der Waals surface area contributed by atoms with Gasteiger partial charge in [-0.3, -0.25) is 9.42 Å². The molecule has 0 bridgehead atoms. The maximum atomic E-state index is 10.8. The van der Waals surface area contributed by atoms with E-state index < -0.39 is 13.9 Å². The van der Waals surface area contributed by atoms with Crippen molar-refractivity contribution in [2.45, 2.75) is 38.3 Å². The second-order valence-electron chi connectivity index (χ2n) is 4.12. The Morgan fingerprint density at radius 2 is 2.19 bits per heavy atom. The van der Waals surface area contributed by atoms with Crippen molar-refractivity contribution in [3.8, 4) is 0 Å². The van der Waals surface area contributed by atoms with Crippen LogP contribution in [0, 0.1) is 0 Å². The van der Waals surface area contributed by atoms with Gasteiger partial charge in [0.15, 0.2) is 0 Å². The van der Waals surface area contributed by atoms with E-state index in [1.807, 2.05) is 4.90 Å². The molecular formula is C9H20NO5P. The van der Waals surface area contributed by atoms with Crippen molar-refractivity contribution in [2.75, 3.05) is 19.7 Å². The SMILES string of the molecule is CC(OP(=O)(O)O)C1CCCCN1CCO. The molecule has 96 valence electrons. The van der Waals surface area contributed by atoms with Gasteiger partial charge in [-0.05, 0) is 26.3 Å². The number of phosphoric acid groups is 1. The number of hydrogen-bond donors (Lipinski definition) is 3. The first-order valence-corrected chi connectivity index (χ1v) is 7.06. The van der Waals surface area contributed by atoms with Crippen molar-refractivity contribution in [1.82, 2.24) is 4.90 Å². The molecule has 0 aromatic carbocycles. The predicted octanol–water partition coefficient (Wildman–Crippen LogP) is 0.331. The van der Waals surface area contributed by atoms with E-state index in [-0.39, 0.29) is 12.6 Å². The highest BCUT2D eigenvalue weighted by Gasteiger charge is 2.31. The van der Waals surface area contributed by atoms with Crippen molar-refractivity contribution in [1.29, 1.82) is 0 Å². The molecule has 0 aliphatic carbocycles. The number of phosphoric ester groups is 1. The highest BCUT2D eigenvalue weighted by Crippen LogP contribution is 2.39. The van der Waals surface area contributed by atoms with Crippen LogP contribution in [0.15, 0.2) is 0 Å². The lowest BCUT2D eigenvalue weighted by molar-refractivity contribution is 0.0248. The van der Waals surface area contributed by atoms with Gasteiger partial charge in [-0.25, -0.2) is 4.57 Å². The fourth-order valence-electron chi connectivity index (χ4n) is 2.24. The maximum Gasteiger partial charge on any atom is 0.469 e. The Bertz CT molecular complexity index is 254. The quantitative estimate of drug-likeness (QED) is 0.612. The monoisotopic (exact) mass is 253 g/mol. The van der Waals surface area contributed by atoms with E-state index in [1.165, 1.54) is 0 Å². The minimum absolute atomic E-state index is 0.0199. The van der Waals surface area contributed by atoms with Gasteiger partial charge in [0.25, 0.3) is 0 Å². The summed E-state index contributed by atoms with van der Waals surface area (Å²) in [7, 11) is -4.42. The van der Waals surface area contributed by atoms with E-state index in [1.54, 1.807) is 6.92 Å². The summed E-state index contributed by atoms with van der Waals surface area (Å²) in [5.41, 5.74) is 0. The average Bonchev–Trinajstić information content (AvgIpc) is 2.16. The lowest BCUT2D eigenvalue weighted by Gasteiger charge is -2.38. The largest absolute Gasteiger partial charge is 0.469 e. The molecule has 1 saturated heterocycles. The van der Waals surface area contributed by atoms with Crippen molar-refractivity contribution in [3.05, 3.63) is 0 Å². The van der Waals surface area contributed by atoms with Crippen LogP contribution in [0.2, 0.25) is 0 Å². The number of hydrogen-bond acceptors (Lipinski definition) is 4. The van der Waals surface area contributed by atoms with E-state index in [2.05, 4.69) is 0 Å².